The Hall–Kier alpha value is -1.38. The molecule has 0 unspecified atom stereocenters. The predicted molar refractivity (Wildman–Crippen MR) is 97.0 cm³/mol. The SMILES string of the molecule is COC[C@H](N)Cc1oc2c(NCc3nccs3)cc(Cl)nc2c1Cl. The van der Waals surface area contributed by atoms with Crippen LogP contribution in [0.15, 0.2) is 22.1 Å². The van der Waals surface area contributed by atoms with E-state index in [4.69, 9.17) is 38.1 Å². The lowest BCUT2D eigenvalue weighted by Gasteiger charge is -2.08. The van der Waals surface area contributed by atoms with Crippen molar-refractivity contribution in [1.82, 2.24) is 9.97 Å². The predicted octanol–water partition coefficient (Wildman–Crippen LogP) is 3.72. The molecule has 0 radical (unpaired) electrons. The van der Waals surface area contributed by atoms with E-state index >= 15 is 0 Å². The maximum absolute atomic E-state index is 6.40. The van der Waals surface area contributed by atoms with Gasteiger partial charge in [0.2, 0.25) is 0 Å². The Bertz CT molecular complexity index is 823. The van der Waals surface area contributed by atoms with Crippen molar-refractivity contribution in [3.8, 4) is 0 Å². The molecule has 0 aliphatic carbocycles. The molecule has 0 aromatic carbocycles. The van der Waals surface area contributed by atoms with Crippen LogP contribution in [0.2, 0.25) is 10.2 Å². The van der Waals surface area contributed by atoms with Crippen molar-refractivity contribution in [2.75, 3.05) is 19.0 Å². The van der Waals surface area contributed by atoms with Crippen molar-refractivity contribution >= 4 is 51.3 Å². The average molecular weight is 387 g/mol. The summed E-state index contributed by atoms with van der Waals surface area (Å²) in [7, 11) is 1.60. The molecule has 3 rings (SSSR count). The van der Waals surface area contributed by atoms with Crippen molar-refractivity contribution in [2.45, 2.75) is 19.0 Å². The van der Waals surface area contributed by atoms with E-state index in [9.17, 15) is 0 Å². The Balaban J connectivity index is 1.91. The van der Waals surface area contributed by atoms with E-state index in [0.29, 0.717) is 52.3 Å². The second-order valence-corrected chi connectivity index (χ2v) is 6.95. The quantitative estimate of drug-likeness (QED) is 0.601. The van der Waals surface area contributed by atoms with Gasteiger partial charge in [0.25, 0.3) is 0 Å². The summed E-state index contributed by atoms with van der Waals surface area (Å²) >= 11 is 14.1. The van der Waals surface area contributed by atoms with Crippen molar-refractivity contribution in [3.63, 3.8) is 0 Å². The summed E-state index contributed by atoms with van der Waals surface area (Å²) in [5.74, 6) is 0.572. The number of halogens is 2. The van der Waals surface area contributed by atoms with Gasteiger partial charge >= 0.3 is 0 Å². The Labute approximate surface area is 152 Å². The standard InChI is InChI=1S/C15H16Cl2N4O2S/c1-22-7-8(18)4-10-13(17)14-15(23-10)9(5-11(16)21-14)20-6-12-19-2-3-24-12/h2-3,5,8H,4,6-7,18H2,1H3,(H,20,21)/t8-/m1/s1. The second kappa shape index (κ2) is 7.67. The molecule has 3 N–H and O–H groups in total. The number of methoxy groups -OCH3 is 1. The molecule has 6 nitrogen and oxygen atoms in total. The summed E-state index contributed by atoms with van der Waals surface area (Å²) in [5, 5.41) is 6.90. The van der Waals surface area contributed by atoms with E-state index in [0.717, 1.165) is 5.01 Å². The number of thiazole rings is 1. The van der Waals surface area contributed by atoms with Gasteiger partial charge in [-0.1, -0.05) is 23.2 Å². The smallest absolute Gasteiger partial charge is 0.177 e. The van der Waals surface area contributed by atoms with Crippen molar-refractivity contribution < 1.29 is 9.15 Å². The van der Waals surface area contributed by atoms with Gasteiger partial charge in [0.1, 0.15) is 26.5 Å². The molecule has 0 bridgehead atoms. The monoisotopic (exact) mass is 386 g/mol. The van der Waals surface area contributed by atoms with E-state index in [-0.39, 0.29) is 6.04 Å². The summed E-state index contributed by atoms with van der Waals surface area (Å²) in [6.45, 7) is 0.973. The summed E-state index contributed by atoms with van der Waals surface area (Å²) in [4.78, 5) is 8.51. The number of nitrogens with one attached hydrogen (secondary N) is 1. The molecule has 0 aliphatic heterocycles. The summed E-state index contributed by atoms with van der Waals surface area (Å²) in [5.41, 5.74) is 7.78. The maximum atomic E-state index is 6.40. The van der Waals surface area contributed by atoms with E-state index in [1.165, 1.54) is 0 Å². The molecule has 1 atom stereocenters. The zero-order valence-corrected chi connectivity index (χ0v) is 15.2. The lowest BCUT2D eigenvalue weighted by atomic mass is 10.2. The third-order valence-electron chi connectivity index (χ3n) is 3.36. The first-order valence-electron chi connectivity index (χ1n) is 7.22. The Morgan fingerprint density at radius 2 is 2.29 bits per heavy atom. The van der Waals surface area contributed by atoms with Gasteiger partial charge in [-0.2, -0.15) is 0 Å². The number of ether oxygens (including phenoxy) is 1. The van der Waals surface area contributed by atoms with Gasteiger partial charge in [-0.15, -0.1) is 11.3 Å². The number of fused-ring (bicyclic) bond motifs is 1. The minimum absolute atomic E-state index is 0.213. The number of nitrogens with zero attached hydrogens (tertiary/aromatic N) is 2. The number of furan rings is 1. The average Bonchev–Trinajstić information content (AvgIpc) is 3.15. The van der Waals surface area contributed by atoms with Crippen LogP contribution < -0.4 is 11.1 Å². The van der Waals surface area contributed by atoms with Gasteiger partial charge < -0.3 is 20.2 Å². The highest BCUT2D eigenvalue weighted by Gasteiger charge is 2.20. The van der Waals surface area contributed by atoms with Gasteiger partial charge in [0.05, 0.1) is 18.8 Å². The number of hydrogen-bond donors (Lipinski definition) is 2. The third-order valence-corrected chi connectivity index (χ3v) is 4.72. The minimum Gasteiger partial charge on any atom is -0.455 e. The molecule has 3 aromatic heterocycles. The number of pyridine rings is 1. The topological polar surface area (TPSA) is 86.2 Å². The largest absolute Gasteiger partial charge is 0.455 e. The van der Waals surface area contributed by atoms with Crippen LogP contribution in [-0.2, 0) is 17.7 Å². The van der Waals surface area contributed by atoms with Crippen LogP contribution in [0, 0.1) is 0 Å². The molecule has 0 saturated carbocycles. The Kier molecular flexibility index (Phi) is 5.57. The molecular formula is C15H16Cl2N4O2S. The Morgan fingerprint density at radius 1 is 1.46 bits per heavy atom. The normalized spacial score (nSPS) is 12.7. The first-order chi connectivity index (χ1) is 11.6. The highest BCUT2D eigenvalue weighted by molar-refractivity contribution is 7.09. The van der Waals surface area contributed by atoms with Gasteiger partial charge in [-0.3, -0.25) is 0 Å². The third kappa shape index (κ3) is 3.81. The van der Waals surface area contributed by atoms with Gasteiger partial charge in [-0.25, -0.2) is 9.97 Å². The number of aromatic nitrogens is 2. The van der Waals surface area contributed by atoms with E-state index in [2.05, 4.69) is 15.3 Å². The zero-order valence-electron chi connectivity index (χ0n) is 12.9. The van der Waals surface area contributed by atoms with Crippen LogP contribution in [0.5, 0.6) is 0 Å². The molecule has 0 aliphatic rings. The molecule has 0 amide bonds. The van der Waals surface area contributed by atoms with E-state index < -0.39 is 0 Å². The lowest BCUT2D eigenvalue weighted by molar-refractivity contribution is 0.178. The van der Waals surface area contributed by atoms with Crippen LogP contribution in [0.1, 0.15) is 10.8 Å². The van der Waals surface area contributed by atoms with Crippen LogP contribution in [-0.4, -0.2) is 29.7 Å². The van der Waals surface area contributed by atoms with Crippen molar-refractivity contribution in [1.29, 1.82) is 0 Å². The highest BCUT2D eigenvalue weighted by Crippen LogP contribution is 2.36. The first-order valence-corrected chi connectivity index (χ1v) is 8.86. The lowest BCUT2D eigenvalue weighted by Crippen LogP contribution is -2.27. The molecule has 0 fully saturated rings. The molecular weight excluding hydrogens is 371 g/mol. The van der Waals surface area contributed by atoms with Crippen LogP contribution in [0.3, 0.4) is 0 Å². The number of nitrogens with two attached hydrogens (primary N) is 1. The summed E-state index contributed by atoms with van der Waals surface area (Å²) < 4.78 is 11.0. The molecule has 0 spiro atoms. The van der Waals surface area contributed by atoms with Crippen LogP contribution >= 0.6 is 34.5 Å². The fourth-order valence-electron chi connectivity index (χ4n) is 2.34. The highest BCUT2D eigenvalue weighted by atomic mass is 35.5. The minimum atomic E-state index is -0.213. The van der Waals surface area contributed by atoms with E-state index in [1.807, 2.05) is 5.38 Å². The van der Waals surface area contributed by atoms with E-state index in [1.54, 1.807) is 30.7 Å². The van der Waals surface area contributed by atoms with Gasteiger partial charge in [-0.05, 0) is 0 Å². The van der Waals surface area contributed by atoms with Crippen molar-refractivity contribution in [3.05, 3.63) is 38.6 Å². The number of hydrogen-bond acceptors (Lipinski definition) is 7. The van der Waals surface area contributed by atoms with Gasteiger partial charge in [0, 0.05) is 37.2 Å². The van der Waals surface area contributed by atoms with Crippen LogP contribution in [0.25, 0.3) is 11.1 Å². The molecule has 3 aromatic rings. The molecule has 24 heavy (non-hydrogen) atoms. The Morgan fingerprint density at radius 3 is 3.00 bits per heavy atom. The maximum Gasteiger partial charge on any atom is 0.177 e. The number of rotatable bonds is 7. The van der Waals surface area contributed by atoms with Gasteiger partial charge in [0.15, 0.2) is 5.58 Å². The number of anilines is 1. The first kappa shape index (κ1) is 17.4. The zero-order chi connectivity index (χ0) is 17.1. The fourth-order valence-corrected chi connectivity index (χ4v) is 3.33. The fraction of sp³-hybridized carbons (Fsp3) is 0.333. The van der Waals surface area contributed by atoms with Crippen molar-refractivity contribution in [2.24, 2.45) is 5.73 Å². The molecule has 0 saturated heterocycles. The molecule has 9 heteroatoms. The summed E-state index contributed by atoms with van der Waals surface area (Å²) in [6, 6.07) is 1.49. The molecule has 128 valence electrons. The van der Waals surface area contributed by atoms with Crippen LogP contribution in [0.4, 0.5) is 5.69 Å². The molecule has 3 heterocycles. The summed E-state index contributed by atoms with van der Waals surface area (Å²) in [6.07, 6.45) is 2.21. The second-order valence-electron chi connectivity index (χ2n) is 5.21.